The number of hydrogen-bond donors (Lipinski definition) is 1. The normalized spacial score (nSPS) is 11.1. The lowest BCUT2D eigenvalue weighted by Crippen LogP contribution is -2.18. The molecule has 0 radical (unpaired) electrons. The fraction of sp³-hybridized carbons (Fsp3) is 0.125. The van der Waals surface area contributed by atoms with E-state index in [0.29, 0.717) is 10.9 Å². The molecule has 2 rings (SSSR count). The molecule has 0 fully saturated rings. The van der Waals surface area contributed by atoms with Gasteiger partial charge in [-0.05, 0) is 41.1 Å². The number of hydrogen-bond acceptors (Lipinski definition) is 4. The molecule has 2 aromatic rings. The Morgan fingerprint density at radius 2 is 2.09 bits per heavy atom. The highest BCUT2D eigenvalue weighted by Crippen LogP contribution is 2.36. The van der Waals surface area contributed by atoms with Crippen molar-refractivity contribution in [1.82, 2.24) is 5.32 Å². The molecule has 1 aromatic heterocycles. The molecule has 112 valence electrons. The SMILES string of the molecule is CNC(=O)/C(C#N)=C\c1cc(Br)c(Sc2ccc(C)cc2)o1. The molecule has 0 atom stereocenters. The van der Waals surface area contributed by atoms with Crippen LogP contribution in [0.4, 0.5) is 0 Å². The number of carbonyl (C=O) groups is 1. The number of furan rings is 1. The average Bonchev–Trinajstić information content (AvgIpc) is 2.86. The van der Waals surface area contributed by atoms with E-state index < -0.39 is 5.91 Å². The Bertz CT molecular complexity index is 757. The molecular weight excluding hydrogens is 364 g/mol. The predicted octanol–water partition coefficient (Wildman–Crippen LogP) is 4.15. The molecule has 0 aliphatic carbocycles. The monoisotopic (exact) mass is 376 g/mol. The summed E-state index contributed by atoms with van der Waals surface area (Å²) in [7, 11) is 1.48. The fourth-order valence-electron chi connectivity index (χ4n) is 1.65. The van der Waals surface area contributed by atoms with E-state index in [-0.39, 0.29) is 5.57 Å². The van der Waals surface area contributed by atoms with Crippen molar-refractivity contribution < 1.29 is 9.21 Å². The molecule has 0 spiro atoms. The fourth-order valence-corrected chi connectivity index (χ4v) is 2.98. The van der Waals surface area contributed by atoms with E-state index in [9.17, 15) is 4.79 Å². The number of likely N-dealkylation sites (N-methyl/N-ethyl adjacent to an activating group) is 1. The van der Waals surface area contributed by atoms with E-state index in [0.717, 1.165) is 9.37 Å². The highest BCUT2D eigenvalue weighted by molar-refractivity contribution is 9.10. The largest absolute Gasteiger partial charge is 0.449 e. The van der Waals surface area contributed by atoms with Crippen molar-refractivity contribution in [2.45, 2.75) is 16.9 Å². The van der Waals surface area contributed by atoms with Gasteiger partial charge in [-0.1, -0.05) is 29.5 Å². The second-order valence-electron chi connectivity index (χ2n) is 4.45. The highest BCUT2D eigenvalue weighted by Gasteiger charge is 2.12. The van der Waals surface area contributed by atoms with Gasteiger partial charge in [-0.2, -0.15) is 5.26 Å². The maximum absolute atomic E-state index is 11.5. The molecule has 1 amide bonds. The molecule has 1 N–H and O–H groups in total. The smallest absolute Gasteiger partial charge is 0.261 e. The van der Waals surface area contributed by atoms with Crippen LogP contribution in [-0.4, -0.2) is 13.0 Å². The summed E-state index contributed by atoms with van der Waals surface area (Å²) in [6, 6.07) is 11.7. The lowest BCUT2D eigenvalue weighted by molar-refractivity contribution is -0.116. The molecule has 0 unspecified atom stereocenters. The van der Waals surface area contributed by atoms with Crippen molar-refractivity contribution in [2.75, 3.05) is 7.05 Å². The first-order valence-electron chi connectivity index (χ1n) is 6.41. The molecule has 0 saturated heterocycles. The molecule has 0 bridgehead atoms. The van der Waals surface area contributed by atoms with Crippen molar-refractivity contribution in [3.63, 3.8) is 0 Å². The van der Waals surface area contributed by atoms with Gasteiger partial charge >= 0.3 is 0 Å². The molecule has 22 heavy (non-hydrogen) atoms. The Kier molecular flexibility index (Phi) is 5.47. The quantitative estimate of drug-likeness (QED) is 0.642. The van der Waals surface area contributed by atoms with Crippen molar-refractivity contribution >= 4 is 39.7 Å². The van der Waals surface area contributed by atoms with Gasteiger partial charge in [0.2, 0.25) is 0 Å². The van der Waals surface area contributed by atoms with E-state index in [1.807, 2.05) is 37.3 Å². The highest BCUT2D eigenvalue weighted by atomic mass is 79.9. The number of benzene rings is 1. The Labute approximate surface area is 141 Å². The average molecular weight is 377 g/mol. The topological polar surface area (TPSA) is 66.0 Å². The summed E-state index contributed by atoms with van der Waals surface area (Å²) in [5.74, 6) is 0.00407. The molecular formula is C16H13BrN2O2S. The standard InChI is InChI=1S/C16H13BrN2O2S/c1-10-3-5-13(6-4-10)22-16-14(17)8-12(21-16)7-11(9-18)15(20)19-2/h3-8H,1-2H3,(H,19,20)/b11-7-. The second-order valence-corrected chi connectivity index (χ2v) is 6.35. The summed E-state index contributed by atoms with van der Waals surface area (Å²) in [5.41, 5.74) is 1.19. The van der Waals surface area contributed by atoms with Crippen LogP contribution < -0.4 is 5.32 Å². The lowest BCUT2D eigenvalue weighted by atomic mass is 10.2. The molecule has 6 heteroatoms. The minimum atomic E-state index is -0.442. The van der Waals surface area contributed by atoms with Gasteiger partial charge in [0, 0.05) is 18.0 Å². The molecule has 0 saturated carbocycles. The van der Waals surface area contributed by atoms with Crippen LogP contribution >= 0.6 is 27.7 Å². The van der Waals surface area contributed by atoms with E-state index >= 15 is 0 Å². The summed E-state index contributed by atoms with van der Waals surface area (Å²) in [6.45, 7) is 2.03. The molecule has 1 heterocycles. The van der Waals surface area contributed by atoms with Crippen LogP contribution in [0, 0.1) is 18.3 Å². The van der Waals surface area contributed by atoms with Gasteiger partial charge in [-0.15, -0.1) is 0 Å². The summed E-state index contributed by atoms with van der Waals surface area (Å²) in [6.07, 6.45) is 1.42. The van der Waals surface area contributed by atoms with Gasteiger partial charge in [-0.25, -0.2) is 0 Å². The van der Waals surface area contributed by atoms with Gasteiger partial charge in [0.25, 0.3) is 5.91 Å². The Balaban J connectivity index is 2.24. The van der Waals surface area contributed by atoms with Crippen molar-refractivity contribution in [2.24, 2.45) is 0 Å². The lowest BCUT2D eigenvalue weighted by Gasteiger charge is -1.99. The van der Waals surface area contributed by atoms with Crippen LogP contribution in [0.5, 0.6) is 0 Å². The summed E-state index contributed by atoms with van der Waals surface area (Å²) < 4.78 is 6.46. The summed E-state index contributed by atoms with van der Waals surface area (Å²) in [4.78, 5) is 12.5. The van der Waals surface area contributed by atoms with E-state index in [2.05, 4.69) is 21.2 Å². The number of nitriles is 1. The van der Waals surface area contributed by atoms with E-state index in [4.69, 9.17) is 9.68 Å². The third-order valence-electron chi connectivity index (χ3n) is 2.78. The minimum absolute atomic E-state index is 0.00404. The number of halogens is 1. The van der Waals surface area contributed by atoms with Gasteiger partial charge < -0.3 is 9.73 Å². The van der Waals surface area contributed by atoms with E-state index in [1.54, 1.807) is 6.07 Å². The molecule has 0 aliphatic rings. The zero-order chi connectivity index (χ0) is 16.1. The van der Waals surface area contributed by atoms with Crippen molar-refractivity contribution in [3.8, 4) is 6.07 Å². The number of nitrogens with zero attached hydrogens (tertiary/aromatic N) is 1. The van der Waals surface area contributed by atoms with Gasteiger partial charge in [-0.3, -0.25) is 4.79 Å². The van der Waals surface area contributed by atoms with Crippen LogP contribution in [0.1, 0.15) is 11.3 Å². The van der Waals surface area contributed by atoms with Crippen molar-refractivity contribution in [1.29, 1.82) is 5.26 Å². The van der Waals surface area contributed by atoms with Crippen molar-refractivity contribution in [3.05, 3.63) is 51.7 Å². The number of rotatable bonds is 4. The predicted molar refractivity (Wildman–Crippen MR) is 89.4 cm³/mol. The number of aryl methyl sites for hydroxylation is 1. The first-order chi connectivity index (χ1) is 10.5. The van der Waals surface area contributed by atoms with Gasteiger partial charge in [0.05, 0.1) is 4.47 Å². The summed E-state index contributed by atoms with van der Waals surface area (Å²) >= 11 is 4.89. The van der Waals surface area contributed by atoms with Crippen LogP contribution in [0.3, 0.4) is 0 Å². The first kappa shape index (κ1) is 16.4. The Hall–Kier alpha value is -1.97. The zero-order valence-corrected chi connectivity index (χ0v) is 14.4. The first-order valence-corrected chi connectivity index (χ1v) is 8.02. The number of amides is 1. The number of nitrogens with one attached hydrogen (secondary N) is 1. The third-order valence-corrected chi connectivity index (χ3v) is 4.63. The zero-order valence-electron chi connectivity index (χ0n) is 12.0. The third kappa shape index (κ3) is 4.03. The summed E-state index contributed by atoms with van der Waals surface area (Å²) in [5, 5.41) is 12.1. The molecule has 1 aromatic carbocycles. The minimum Gasteiger partial charge on any atom is -0.449 e. The van der Waals surface area contributed by atoms with Gasteiger partial charge in [0.1, 0.15) is 17.4 Å². The van der Waals surface area contributed by atoms with Crippen LogP contribution in [-0.2, 0) is 4.79 Å². The number of carbonyl (C=O) groups excluding carboxylic acids is 1. The van der Waals surface area contributed by atoms with Crippen LogP contribution in [0.25, 0.3) is 6.08 Å². The van der Waals surface area contributed by atoms with Gasteiger partial charge in [0.15, 0.2) is 5.09 Å². The Morgan fingerprint density at radius 3 is 2.68 bits per heavy atom. The van der Waals surface area contributed by atoms with E-state index in [1.165, 1.54) is 30.4 Å². The van der Waals surface area contributed by atoms with Crippen LogP contribution in [0.15, 0.2) is 54.8 Å². The molecule has 0 aliphatic heterocycles. The maximum atomic E-state index is 11.5. The van der Waals surface area contributed by atoms with Crippen LogP contribution in [0.2, 0.25) is 0 Å². The molecule has 4 nitrogen and oxygen atoms in total. The maximum Gasteiger partial charge on any atom is 0.261 e. The Morgan fingerprint density at radius 1 is 1.41 bits per heavy atom. The second kappa shape index (κ2) is 7.34.